The van der Waals surface area contributed by atoms with Gasteiger partial charge >= 0.3 is 0 Å². The van der Waals surface area contributed by atoms with E-state index in [0.29, 0.717) is 5.92 Å². The maximum absolute atomic E-state index is 5.28. The molecule has 2 aromatic carbocycles. The topological polar surface area (TPSA) is 9.23 Å². The third-order valence-electron chi connectivity index (χ3n) is 4.72. The quantitative estimate of drug-likeness (QED) is 0.733. The molecule has 2 rings (SSSR count). The van der Waals surface area contributed by atoms with E-state index in [4.69, 9.17) is 4.74 Å². The van der Waals surface area contributed by atoms with Gasteiger partial charge in [-0.1, -0.05) is 52.0 Å². The maximum atomic E-state index is 5.28. The summed E-state index contributed by atoms with van der Waals surface area (Å²) >= 11 is 0. The Kier molecular flexibility index (Phi) is 3.84. The van der Waals surface area contributed by atoms with E-state index >= 15 is 0 Å². The standard InChI is InChI=1S/C18H24O/c1-6-18(4,13(2)3)16-9-7-15-12-17(19-5)10-8-14(15)11-16/h7-13H,6H2,1-5H3. The van der Waals surface area contributed by atoms with Gasteiger partial charge in [-0.05, 0) is 46.2 Å². The van der Waals surface area contributed by atoms with Crippen molar-refractivity contribution in [2.75, 3.05) is 7.11 Å². The predicted molar refractivity (Wildman–Crippen MR) is 83.0 cm³/mol. The highest BCUT2D eigenvalue weighted by molar-refractivity contribution is 5.84. The molecule has 0 heterocycles. The van der Waals surface area contributed by atoms with Gasteiger partial charge in [0.1, 0.15) is 5.75 Å². The first kappa shape index (κ1) is 13.9. The molecule has 1 nitrogen and oxygen atoms in total. The van der Waals surface area contributed by atoms with Crippen molar-refractivity contribution in [1.29, 1.82) is 0 Å². The molecule has 1 heteroatoms. The lowest BCUT2D eigenvalue weighted by Gasteiger charge is -2.33. The Morgan fingerprint density at radius 2 is 1.68 bits per heavy atom. The normalized spacial score (nSPS) is 14.6. The molecule has 102 valence electrons. The van der Waals surface area contributed by atoms with Crippen LogP contribution in [0.15, 0.2) is 36.4 Å². The van der Waals surface area contributed by atoms with Crippen LogP contribution in [0.25, 0.3) is 10.8 Å². The van der Waals surface area contributed by atoms with Crippen LogP contribution in [-0.4, -0.2) is 7.11 Å². The summed E-state index contributed by atoms with van der Waals surface area (Å²) in [6, 6.07) is 13.1. The summed E-state index contributed by atoms with van der Waals surface area (Å²) in [5.74, 6) is 1.55. The van der Waals surface area contributed by atoms with Crippen molar-refractivity contribution in [3.8, 4) is 5.75 Å². The summed E-state index contributed by atoms with van der Waals surface area (Å²) in [7, 11) is 1.71. The molecule has 0 aliphatic carbocycles. The van der Waals surface area contributed by atoms with Crippen LogP contribution in [0, 0.1) is 5.92 Å². The Hall–Kier alpha value is -1.50. The second-order valence-corrected chi connectivity index (χ2v) is 5.85. The van der Waals surface area contributed by atoms with Crippen LogP contribution < -0.4 is 4.74 Å². The highest BCUT2D eigenvalue weighted by Gasteiger charge is 2.28. The van der Waals surface area contributed by atoms with Gasteiger partial charge in [0.15, 0.2) is 0 Å². The molecule has 1 atom stereocenters. The van der Waals surface area contributed by atoms with E-state index < -0.39 is 0 Å². The van der Waals surface area contributed by atoms with E-state index in [1.165, 1.54) is 16.3 Å². The number of hydrogen-bond donors (Lipinski definition) is 0. The molecule has 0 aliphatic heterocycles. The van der Waals surface area contributed by atoms with Crippen molar-refractivity contribution in [2.45, 2.75) is 39.5 Å². The van der Waals surface area contributed by atoms with Gasteiger partial charge in [-0.25, -0.2) is 0 Å². The molecule has 0 bridgehead atoms. The van der Waals surface area contributed by atoms with Crippen LogP contribution in [0.3, 0.4) is 0 Å². The molecule has 0 N–H and O–H groups in total. The second-order valence-electron chi connectivity index (χ2n) is 5.85. The van der Waals surface area contributed by atoms with Crippen molar-refractivity contribution in [1.82, 2.24) is 0 Å². The summed E-state index contributed by atoms with van der Waals surface area (Å²) in [5.41, 5.74) is 1.68. The average molecular weight is 256 g/mol. The van der Waals surface area contributed by atoms with Gasteiger partial charge in [-0.15, -0.1) is 0 Å². The summed E-state index contributed by atoms with van der Waals surface area (Å²) in [6.45, 7) is 9.25. The first-order chi connectivity index (χ1) is 9.01. The number of fused-ring (bicyclic) bond motifs is 1. The van der Waals surface area contributed by atoms with E-state index in [2.05, 4.69) is 58.0 Å². The number of benzene rings is 2. The average Bonchev–Trinajstić information content (AvgIpc) is 2.44. The smallest absolute Gasteiger partial charge is 0.119 e. The Bertz CT molecular complexity index is 571. The number of hydrogen-bond acceptors (Lipinski definition) is 1. The molecule has 0 spiro atoms. The Labute approximate surface area is 116 Å². The minimum Gasteiger partial charge on any atom is -0.497 e. The lowest BCUT2D eigenvalue weighted by molar-refractivity contribution is 0.326. The van der Waals surface area contributed by atoms with Crippen molar-refractivity contribution in [3.63, 3.8) is 0 Å². The summed E-state index contributed by atoms with van der Waals surface area (Å²) in [5, 5.41) is 2.53. The minimum atomic E-state index is 0.244. The lowest BCUT2D eigenvalue weighted by Crippen LogP contribution is -2.27. The Balaban J connectivity index is 2.53. The molecule has 1 unspecified atom stereocenters. The highest BCUT2D eigenvalue weighted by Crippen LogP contribution is 2.36. The Morgan fingerprint density at radius 1 is 1.05 bits per heavy atom. The van der Waals surface area contributed by atoms with Gasteiger partial charge in [-0.3, -0.25) is 0 Å². The van der Waals surface area contributed by atoms with Gasteiger partial charge < -0.3 is 4.74 Å². The Morgan fingerprint density at radius 3 is 2.26 bits per heavy atom. The van der Waals surface area contributed by atoms with Crippen LogP contribution in [0.2, 0.25) is 0 Å². The van der Waals surface area contributed by atoms with E-state index in [1.54, 1.807) is 7.11 Å². The van der Waals surface area contributed by atoms with Crippen LogP contribution >= 0.6 is 0 Å². The van der Waals surface area contributed by atoms with Crippen molar-refractivity contribution < 1.29 is 4.74 Å². The van der Waals surface area contributed by atoms with Gasteiger partial charge in [0, 0.05) is 0 Å². The molecule has 0 aliphatic rings. The molecule has 19 heavy (non-hydrogen) atoms. The largest absolute Gasteiger partial charge is 0.497 e. The third kappa shape index (κ3) is 2.47. The fourth-order valence-corrected chi connectivity index (χ4v) is 2.65. The summed E-state index contributed by atoms with van der Waals surface area (Å²) < 4.78 is 5.28. The fourth-order valence-electron chi connectivity index (χ4n) is 2.65. The van der Waals surface area contributed by atoms with Crippen molar-refractivity contribution >= 4 is 10.8 Å². The van der Waals surface area contributed by atoms with Gasteiger partial charge in [0.25, 0.3) is 0 Å². The van der Waals surface area contributed by atoms with Gasteiger partial charge in [-0.2, -0.15) is 0 Å². The summed E-state index contributed by atoms with van der Waals surface area (Å²) in [4.78, 5) is 0. The molecule has 2 aromatic rings. The zero-order valence-corrected chi connectivity index (χ0v) is 12.7. The molecule has 0 radical (unpaired) electrons. The first-order valence-electron chi connectivity index (χ1n) is 7.09. The molecule has 0 saturated heterocycles. The number of methoxy groups -OCH3 is 1. The van der Waals surface area contributed by atoms with Gasteiger partial charge in [0.2, 0.25) is 0 Å². The van der Waals surface area contributed by atoms with E-state index in [9.17, 15) is 0 Å². The van der Waals surface area contributed by atoms with Crippen LogP contribution in [0.4, 0.5) is 0 Å². The molecular formula is C18H24O. The maximum Gasteiger partial charge on any atom is 0.119 e. The summed E-state index contributed by atoms with van der Waals surface area (Å²) in [6.07, 6.45) is 1.16. The first-order valence-corrected chi connectivity index (χ1v) is 7.09. The van der Waals surface area contributed by atoms with Crippen molar-refractivity contribution in [3.05, 3.63) is 42.0 Å². The van der Waals surface area contributed by atoms with E-state index in [-0.39, 0.29) is 5.41 Å². The molecular weight excluding hydrogens is 232 g/mol. The van der Waals surface area contributed by atoms with Crippen LogP contribution in [0.1, 0.15) is 39.7 Å². The highest BCUT2D eigenvalue weighted by atomic mass is 16.5. The SMILES string of the molecule is CCC(C)(c1ccc2cc(OC)ccc2c1)C(C)C. The molecule has 0 saturated carbocycles. The number of ether oxygens (including phenoxy) is 1. The molecule has 0 fully saturated rings. The van der Waals surface area contributed by atoms with Crippen LogP contribution in [-0.2, 0) is 5.41 Å². The zero-order chi connectivity index (χ0) is 14.0. The zero-order valence-electron chi connectivity index (χ0n) is 12.7. The van der Waals surface area contributed by atoms with Crippen LogP contribution in [0.5, 0.6) is 5.75 Å². The lowest BCUT2D eigenvalue weighted by atomic mass is 9.71. The molecule has 0 amide bonds. The van der Waals surface area contributed by atoms with E-state index in [1.807, 2.05) is 6.07 Å². The van der Waals surface area contributed by atoms with Gasteiger partial charge in [0.05, 0.1) is 7.11 Å². The van der Waals surface area contributed by atoms with E-state index in [0.717, 1.165) is 12.2 Å². The number of rotatable bonds is 4. The third-order valence-corrected chi connectivity index (χ3v) is 4.72. The minimum absolute atomic E-state index is 0.244. The van der Waals surface area contributed by atoms with Crippen molar-refractivity contribution in [2.24, 2.45) is 5.92 Å². The monoisotopic (exact) mass is 256 g/mol. The predicted octanol–water partition coefficient (Wildman–Crippen LogP) is 5.17. The fraction of sp³-hybridized carbons (Fsp3) is 0.444. The second kappa shape index (κ2) is 5.24. The molecule has 0 aromatic heterocycles.